The lowest BCUT2D eigenvalue weighted by molar-refractivity contribution is 0.101. The molecule has 2 aromatic rings. The van der Waals surface area contributed by atoms with Crippen LogP contribution in [-0.2, 0) is 4.74 Å². The summed E-state index contributed by atoms with van der Waals surface area (Å²) < 4.78 is 13.2. The van der Waals surface area contributed by atoms with Crippen molar-refractivity contribution in [2.45, 2.75) is 52.0 Å². The summed E-state index contributed by atoms with van der Waals surface area (Å²) in [6.45, 7) is 7.13. The van der Waals surface area contributed by atoms with Gasteiger partial charge in [-0.15, -0.1) is 0 Å². The number of carbonyl (C=O) groups excluding carboxylic acids is 1. The molecule has 1 aliphatic heterocycles. The number of ether oxygens (including phenoxy) is 2. The van der Waals surface area contributed by atoms with Gasteiger partial charge in [0.1, 0.15) is 5.75 Å². The summed E-state index contributed by atoms with van der Waals surface area (Å²) in [6, 6.07) is 5.72. The van der Waals surface area contributed by atoms with Gasteiger partial charge in [-0.25, -0.2) is 0 Å². The molecule has 1 aromatic carbocycles. The van der Waals surface area contributed by atoms with Crippen molar-refractivity contribution < 1.29 is 14.3 Å². The Balaban J connectivity index is 1.86. The summed E-state index contributed by atoms with van der Waals surface area (Å²) in [4.78, 5) is 24.7. The summed E-state index contributed by atoms with van der Waals surface area (Å²) in [7, 11) is 1.67. The lowest BCUT2D eigenvalue weighted by Crippen LogP contribution is -2.32. The van der Waals surface area contributed by atoms with E-state index in [1.54, 1.807) is 19.4 Å². The van der Waals surface area contributed by atoms with Crippen LogP contribution in [0, 0.1) is 5.41 Å². The number of ketones is 1. The van der Waals surface area contributed by atoms with Crippen LogP contribution in [0.25, 0.3) is 11.3 Å². The summed E-state index contributed by atoms with van der Waals surface area (Å²) in [5, 5.41) is 0.525. The molecule has 0 radical (unpaired) electrons. The lowest BCUT2D eigenvalue weighted by atomic mass is 9.77. The van der Waals surface area contributed by atoms with Gasteiger partial charge < -0.3 is 14.0 Å². The van der Waals surface area contributed by atoms with Gasteiger partial charge in [-0.2, -0.15) is 0 Å². The minimum Gasteiger partial charge on any atom is -0.492 e. The smallest absolute Gasteiger partial charge is 0.192 e. The average molecular weight is 430 g/mol. The maximum Gasteiger partial charge on any atom is 0.192 e. The summed E-state index contributed by atoms with van der Waals surface area (Å²) in [5.41, 5.74) is 2.99. The molecule has 1 fully saturated rings. The molecule has 0 unspecified atom stereocenters. The first kappa shape index (κ1) is 21.1. The Bertz CT molecular complexity index is 1060. The second kappa shape index (κ2) is 7.86. The van der Waals surface area contributed by atoms with Crippen LogP contribution in [0.2, 0.25) is 5.02 Å². The molecule has 4 rings (SSSR count). The SMILES string of the molecule is COCCCOc1cc2c(cc1Cl)-c1cc(=O)c(C(C)=O)cn1[C@H]1[C@@H]2CCC1(C)C. The van der Waals surface area contributed by atoms with E-state index in [0.717, 1.165) is 30.5 Å². The molecular formula is C24H28ClNO4. The summed E-state index contributed by atoms with van der Waals surface area (Å²) in [6.07, 6.45) is 4.65. The molecule has 2 heterocycles. The zero-order chi connectivity index (χ0) is 21.6. The minimum absolute atomic E-state index is 0.0410. The number of aromatic nitrogens is 1. The number of hydrogen-bond donors (Lipinski definition) is 0. The Kier molecular flexibility index (Phi) is 5.54. The third kappa shape index (κ3) is 3.48. The Hall–Kier alpha value is -2.11. The first-order valence-corrected chi connectivity index (χ1v) is 10.8. The van der Waals surface area contributed by atoms with Crippen LogP contribution in [0.4, 0.5) is 0 Å². The molecule has 6 heteroatoms. The van der Waals surface area contributed by atoms with Gasteiger partial charge in [0.2, 0.25) is 0 Å². The number of pyridine rings is 1. The molecule has 1 aliphatic carbocycles. The molecule has 160 valence electrons. The molecule has 5 nitrogen and oxygen atoms in total. The van der Waals surface area contributed by atoms with E-state index in [0.29, 0.717) is 24.0 Å². The van der Waals surface area contributed by atoms with E-state index in [9.17, 15) is 9.59 Å². The number of carbonyl (C=O) groups is 1. The second-order valence-corrected chi connectivity index (χ2v) is 9.45. The predicted octanol–water partition coefficient (Wildman–Crippen LogP) is 5.24. The van der Waals surface area contributed by atoms with Crippen LogP contribution in [0.1, 0.15) is 67.9 Å². The van der Waals surface area contributed by atoms with Crippen LogP contribution in [0.3, 0.4) is 0 Å². The van der Waals surface area contributed by atoms with Crippen LogP contribution < -0.4 is 10.2 Å². The first-order valence-electron chi connectivity index (χ1n) is 10.5. The van der Waals surface area contributed by atoms with Crippen molar-refractivity contribution in [3.8, 4) is 17.0 Å². The van der Waals surface area contributed by atoms with Crippen LogP contribution in [0.15, 0.2) is 29.2 Å². The number of rotatable bonds is 6. The molecule has 1 aromatic heterocycles. The quantitative estimate of drug-likeness (QED) is 0.465. The lowest BCUT2D eigenvalue weighted by Gasteiger charge is -2.40. The van der Waals surface area contributed by atoms with Crippen LogP contribution in [-0.4, -0.2) is 30.7 Å². The van der Waals surface area contributed by atoms with Crippen molar-refractivity contribution in [1.29, 1.82) is 0 Å². The van der Waals surface area contributed by atoms with Gasteiger partial charge in [-0.05, 0) is 42.9 Å². The summed E-state index contributed by atoms with van der Waals surface area (Å²) in [5.74, 6) is 0.751. The highest BCUT2D eigenvalue weighted by molar-refractivity contribution is 6.32. The molecule has 0 N–H and O–H groups in total. The molecular weight excluding hydrogens is 402 g/mol. The van der Waals surface area contributed by atoms with Gasteiger partial charge in [0.15, 0.2) is 11.2 Å². The third-order valence-electron chi connectivity index (χ3n) is 6.57. The maximum absolute atomic E-state index is 12.6. The number of halogens is 1. The van der Waals surface area contributed by atoms with Gasteiger partial charge in [0.25, 0.3) is 0 Å². The predicted molar refractivity (Wildman–Crippen MR) is 118 cm³/mol. The third-order valence-corrected chi connectivity index (χ3v) is 6.87. The number of Topliss-reactive ketones (excluding diaryl/α,β-unsaturated/α-hetero) is 1. The maximum atomic E-state index is 12.6. The fourth-order valence-electron chi connectivity index (χ4n) is 5.13. The van der Waals surface area contributed by atoms with Crippen LogP contribution >= 0.6 is 11.6 Å². The number of benzene rings is 1. The van der Waals surface area contributed by atoms with Crippen molar-refractivity contribution in [2.75, 3.05) is 20.3 Å². The molecule has 2 atom stereocenters. The normalized spacial score (nSPS) is 21.0. The molecule has 0 saturated heterocycles. The van der Waals surface area contributed by atoms with Crippen molar-refractivity contribution in [2.24, 2.45) is 5.41 Å². The van der Waals surface area contributed by atoms with Crippen molar-refractivity contribution in [3.05, 3.63) is 50.8 Å². The fraction of sp³-hybridized carbons (Fsp3) is 0.500. The Morgan fingerprint density at radius 3 is 2.73 bits per heavy atom. The van der Waals surface area contributed by atoms with Gasteiger partial charge in [0, 0.05) is 49.9 Å². The van der Waals surface area contributed by atoms with Gasteiger partial charge in [-0.3, -0.25) is 9.59 Å². The van der Waals surface area contributed by atoms with Crippen LogP contribution in [0.5, 0.6) is 5.75 Å². The molecule has 2 aliphatic rings. The van der Waals surface area contributed by atoms with E-state index in [2.05, 4.69) is 24.5 Å². The Morgan fingerprint density at radius 1 is 1.27 bits per heavy atom. The largest absolute Gasteiger partial charge is 0.492 e. The van der Waals surface area contributed by atoms with Gasteiger partial charge in [0.05, 0.1) is 22.9 Å². The zero-order valence-corrected chi connectivity index (χ0v) is 18.7. The zero-order valence-electron chi connectivity index (χ0n) is 18.0. The fourth-order valence-corrected chi connectivity index (χ4v) is 5.35. The van der Waals surface area contributed by atoms with E-state index in [1.165, 1.54) is 12.5 Å². The number of fused-ring (bicyclic) bond motifs is 6. The topological polar surface area (TPSA) is 57.5 Å². The first-order chi connectivity index (χ1) is 14.2. The van der Waals surface area contributed by atoms with E-state index < -0.39 is 0 Å². The highest BCUT2D eigenvalue weighted by atomic mass is 35.5. The Labute approximate surface area is 182 Å². The number of hydrogen-bond acceptors (Lipinski definition) is 4. The van der Waals surface area contributed by atoms with Crippen molar-refractivity contribution in [3.63, 3.8) is 0 Å². The monoisotopic (exact) mass is 429 g/mol. The number of nitrogens with zero attached hydrogens (tertiary/aromatic N) is 1. The van der Waals surface area contributed by atoms with E-state index in [-0.39, 0.29) is 34.2 Å². The molecule has 0 bridgehead atoms. The highest BCUT2D eigenvalue weighted by Gasteiger charge is 2.47. The highest BCUT2D eigenvalue weighted by Crippen LogP contribution is 2.59. The molecule has 30 heavy (non-hydrogen) atoms. The van der Waals surface area contributed by atoms with Gasteiger partial charge in [-0.1, -0.05) is 25.4 Å². The average Bonchev–Trinajstić information content (AvgIpc) is 3.01. The van der Waals surface area contributed by atoms with E-state index in [4.69, 9.17) is 21.1 Å². The van der Waals surface area contributed by atoms with E-state index in [1.807, 2.05) is 6.07 Å². The van der Waals surface area contributed by atoms with Crippen molar-refractivity contribution in [1.82, 2.24) is 4.57 Å². The second-order valence-electron chi connectivity index (χ2n) is 9.04. The summed E-state index contributed by atoms with van der Waals surface area (Å²) >= 11 is 6.56. The molecule has 0 spiro atoms. The molecule has 0 amide bonds. The van der Waals surface area contributed by atoms with E-state index >= 15 is 0 Å². The standard InChI is InChI=1S/C24H28ClNO4/c1-14(27)18-13-26-20(12-21(18)28)17-10-19(25)22(30-9-5-8-29-4)11-16(17)15-6-7-24(2,3)23(15)26/h10-13,15,23H,5-9H2,1-4H3/t15-,23+/m1/s1. The minimum atomic E-state index is -0.245. The van der Waals surface area contributed by atoms with Crippen molar-refractivity contribution >= 4 is 17.4 Å². The van der Waals surface area contributed by atoms with Gasteiger partial charge >= 0.3 is 0 Å². The Morgan fingerprint density at radius 2 is 2.03 bits per heavy atom. The number of methoxy groups -OCH3 is 1. The molecule has 1 saturated carbocycles.